The van der Waals surface area contributed by atoms with Crippen LogP contribution in [0.2, 0.25) is 0 Å². The number of nitrogens with one attached hydrogen (secondary N) is 1. The first-order valence-electron chi connectivity index (χ1n) is 11.4. The molecule has 0 saturated heterocycles. The van der Waals surface area contributed by atoms with Crippen molar-refractivity contribution < 1.29 is 14.6 Å². The van der Waals surface area contributed by atoms with E-state index in [4.69, 9.17) is 9.47 Å². The average Bonchev–Trinajstić information content (AvgIpc) is 3.31. The molecule has 6 heteroatoms. The number of imidazole rings is 1. The predicted octanol–water partition coefficient (Wildman–Crippen LogP) is 4.27. The molecule has 34 heavy (non-hydrogen) atoms. The van der Waals surface area contributed by atoms with E-state index in [1.54, 1.807) is 13.3 Å². The number of rotatable bonds is 11. The van der Waals surface area contributed by atoms with Crippen LogP contribution in [0.15, 0.2) is 97.3 Å². The highest BCUT2D eigenvalue weighted by Gasteiger charge is 2.21. The molecule has 1 aromatic heterocycles. The number of aliphatic hydroxyl groups excluding tert-OH is 1. The van der Waals surface area contributed by atoms with Crippen molar-refractivity contribution in [1.82, 2.24) is 14.9 Å². The molecular weight excluding hydrogens is 426 g/mol. The normalized spacial score (nSPS) is 13.1. The lowest BCUT2D eigenvalue weighted by atomic mass is 10.0. The minimum Gasteiger partial charge on any atom is -0.497 e. The van der Waals surface area contributed by atoms with Gasteiger partial charge in [0.05, 0.1) is 25.9 Å². The van der Waals surface area contributed by atoms with Gasteiger partial charge < -0.3 is 24.5 Å². The topological polar surface area (TPSA) is 68.5 Å². The molecule has 0 aliphatic rings. The van der Waals surface area contributed by atoms with Crippen molar-refractivity contribution in [2.24, 2.45) is 7.05 Å². The SMILES string of the molecule is COc1cccc(C(NCC(O)COC(c2ccccc2)c2ccccc2)c2nccn2C)c1. The fourth-order valence-electron chi connectivity index (χ4n) is 4.00. The fraction of sp³-hybridized carbons (Fsp3) is 0.250. The van der Waals surface area contributed by atoms with E-state index in [0.29, 0.717) is 6.54 Å². The maximum atomic E-state index is 10.8. The predicted molar refractivity (Wildman–Crippen MR) is 133 cm³/mol. The van der Waals surface area contributed by atoms with Gasteiger partial charge in [-0.25, -0.2) is 4.98 Å². The van der Waals surface area contributed by atoms with Crippen LogP contribution in [0.5, 0.6) is 5.75 Å². The van der Waals surface area contributed by atoms with Crippen molar-refractivity contribution in [1.29, 1.82) is 0 Å². The van der Waals surface area contributed by atoms with Crippen LogP contribution in [0.1, 0.15) is 34.7 Å². The molecule has 3 aromatic carbocycles. The van der Waals surface area contributed by atoms with Gasteiger partial charge in [0, 0.05) is 26.0 Å². The number of aliphatic hydroxyl groups is 1. The van der Waals surface area contributed by atoms with Crippen LogP contribution >= 0.6 is 0 Å². The number of nitrogens with zero attached hydrogens (tertiary/aromatic N) is 2. The lowest BCUT2D eigenvalue weighted by Gasteiger charge is -2.24. The molecular formula is C28H31N3O3. The summed E-state index contributed by atoms with van der Waals surface area (Å²) in [5.41, 5.74) is 3.11. The van der Waals surface area contributed by atoms with Gasteiger partial charge in [-0.3, -0.25) is 0 Å². The minimum absolute atomic E-state index is 0.187. The molecule has 1 heterocycles. The van der Waals surface area contributed by atoms with E-state index in [1.807, 2.05) is 103 Å². The molecule has 4 rings (SSSR count). The molecule has 0 bridgehead atoms. The lowest BCUT2D eigenvalue weighted by molar-refractivity contribution is 0.00589. The quantitative estimate of drug-likeness (QED) is 0.352. The molecule has 2 atom stereocenters. The van der Waals surface area contributed by atoms with E-state index < -0.39 is 6.10 Å². The monoisotopic (exact) mass is 457 g/mol. The Hall–Kier alpha value is -3.45. The average molecular weight is 458 g/mol. The van der Waals surface area contributed by atoms with E-state index in [9.17, 15) is 5.11 Å². The second kappa shape index (κ2) is 11.6. The van der Waals surface area contributed by atoms with Gasteiger partial charge in [0.2, 0.25) is 0 Å². The van der Waals surface area contributed by atoms with Gasteiger partial charge in [-0.2, -0.15) is 0 Å². The first-order chi connectivity index (χ1) is 16.7. The Bertz CT molecular complexity index is 1110. The van der Waals surface area contributed by atoms with Gasteiger partial charge in [-0.1, -0.05) is 72.8 Å². The van der Waals surface area contributed by atoms with Crippen molar-refractivity contribution >= 4 is 0 Å². The summed E-state index contributed by atoms with van der Waals surface area (Å²) >= 11 is 0. The zero-order valence-electron chi connectivity index (χ0n) is 19.5. The highest BCUT2D eigenvalue weighted by atomic mass is 16.5. The Morgan fingerprint density at radius 1 is 0.912 bits per heavy atom. The second-order valence-corrected chi connectivity index (χ2v) is 8.20. The van der Waals surface area contributed by atoms with E-state index in [1.165, 1.54) is 0 Å². The van der Waals surface area contributed by atoms with Gasteiger partial charge in [0.25, 0.3) is 0 Å². The Labute approximate surface area is 200 Å². The fourth-order valence-corrected chi connectivity index (χ4v) is 4.00. The third kappa shape index (κ3) is 5.91. The van der Waals surface area contributed by atoms with Crippen LogP contribution in [0.4, 0.5) is 0 Å². The van der Waals surface area contributed by atoms with Crippen LogP contribution in [-0.2, 0) is 11.8 Å². The largest absolute Gasteiger partial charge is 0.497 e. The highest BCUT2D eigenvalue weighted by molar-refractivity contribution is 5.34. The number of hydrogen-bond donors (Lipinski definition) is 2. The molecule has 0 amide bonds. The zero-order valence-corrected chi connectivity index (χ0v) is 19.5. The summed E-state index contributed by atoms with van der Waals surface area (Å²) in [4.78, 5) is 4.53. The van der Waals surface area contributed by atoms with E-state index >= 15 is 0 Å². The van der Waals surface area contributed by atoms with Gasteiger partial charge in [0.15, 0.2) is 0 Å². The maximum Gasteiger partial charge on any atom is 0.130 e. The van der Waals surface area contributed by atoms with Crippen molar-refractivity contribution in [2.45, 2.75) is 18.2 Å². The van der Waals surface area contributed by atoms with Crippen molar-refractivity contribution in [3.63, 3.8) is 0 Å². The lowest BCUT2D eigenvalue weighted by Crippen LogP contribution is -2.35. The Morgan fingerprint density at radius 2 is 1.56 bits per heavy atom. The first-order valence-corrected chi connectivity index (χ1v) is 11.4. The third-order valence-corrected chi connectivity index (χ3v) is 5.76. The van der Waals surface area contributed by atoms with Gasteiger partial charge in [0.1, 0.15) is 17.7 Å². The number of aryl methyl sites for hydroxylation is 1. The van der Waals surface area contributed by atoms with E-state index in [2.05, 4.69) is 10.3 Å². The number of ether oxygens (including phenoxy) is 2. The third-order valence-electron chi connectivity index (χ3n) is 5.76. The van der Waals surface area contributed by atoms with Crippen molar-refractivity contribution in [3.8, 4) is 5.75 Å². The number of aromatic nitrogens is 2. The standard InChI is InChI=1S/C28H31N3O3/c1-31-17-16-29-28(31)26(23-14-9-15-25(18-23)33-2)30-19-24(32)20-34-27(21-10-5-3-6-11-21)22-12-7-4-8-13-22/h3-18,24,26-27,30,32H,19-20H2,1-2H3. The molecule has 4 aromatic rings. The molecule has 0 radical (unpaired) electrons. The van der Waals surface area contributed by atoms with Crippen LogP contribution in [0, 0.1) is 0 Å². The zero-order chi connectivity index (χ0) is 23.8. The molecule has 2 unspecified atom stereocenters. The molecule has 176 valence electrons. The second-order valence-electron chi connectivity index (χ2n) is 8.20. The van der Waals surface area contributed by atoms with Crippen LogP contribution < -0.4 is 10.1 Å². The summed E-state index contributed by atoms with van der Waals surface area (Å²) < 4.78 is 13.6. The van der Waals surface area contributed by atoms with Gasteiger partial charge in [-0.05, 0) is 28.8 Å². The van der Waals surface area contributed by atoms with Crippen molar-refractivity contribution in [3.05, 3.63) is 120 Å². The molecule has 0 aliphatic carbocycles. The number of benzene rings is 3. The molecule has 0 spiro atoms. The molecule has 6 nitrogen and oxygen atoms in total. The van der Waals surface area contributed by atoms with Crippen LogP contribution in [0.25, 0.3) is 0 Å². The summed E-state index contributed by atoms with van der Waals surface area (Å²) in [5, 5.41) is 14.3. The highest BCUT2D eigenvalue weighted by Crippen LogP contribution is 2.27. The molecule has 0 fully saturated rings. The minimum atomic E-state index is -0.705. The summed E-state index contributed by atoms with van der Waals surface area (Å²) in [5.74, 6) is 1.63. The number of methoxy groups -OCH3 is 1. The molecule has 2 N–H and O–H groups in total. The molecule has 0 saturated carbocycles. The van der Waals surface area contributed by atoms with Gasteiger partial charge >= 0.3 is 0 Å². The Kier molecular flexibility index (Phi) is 8.09. The summed E-state index contributed by atoms with van der Waals surface area (Å²) in [6, 6.07) is 27.8. The number of hydrogen-bond acceptors (Lipinski definition) is 5. The summed E-state index contributed by atoms with van der Waals surface area (Å²) in [7, 11) is 3.61. The maximum absolute atomic E-state index is 10.8. The van der Waals surface area contributed by atoms with Crippen LogP contribution in [0.3, 0.4) is 0 Å². The summed E-state index contributed by atoms with van der Waals surface area (Å²) in [6.07, 6.45) is 2.73. The smallest absolute Gasteiger partial charge is 0.130 e. The van der Waals surface area contributed by atoms with Crippen LogP contribution in [-0.4, -0.2) is 41.0 Å². The van der Waals surface area contributed by atoms with E-state index in [-0.39, 0.29) is 18.8 Å². The summed E-state index contributed by atoms with van der Waals surface area (Å²) in [6.45, 7) is 0.526. The first kappa shape index (κ1) is 23.7. The Morgan fingerprint density at radius 3 is 2.15 bits per heavy atom. The molecule has 0 aliphatic heterocycles. The Balaban J connectivity index is 1.45. The van der Waals surface area contributed by atoms with Crippen molar-refractivity contribution in [2.75, 3.05) is 20.3 Å². The van der Waals surface area contributed by atoms with Gasteiger partial charge in [-0.15, -0.1) is 0 Å². The van der Waals surface area contributed by atoms with E-state index in [0.717, 1.165) is 28.3 Å².